The van der Waals surface area contributed by atoms with Crippen LogP contribution in [0.25, 0.3) is 17.0 Å². The average molecular weight is 442 g/mol. The third-order valence-electron chi connectivity index (χ3n) is 6.13. The molecule has 1 saturated carbocycles. The van der Waals surface area contributed by atoms with Gasteiger partial charge in [-0.2, -0.15) is 5.26 Å². The maximum Gasteiger partial charge on any atom is 0.337 e. The predicted octanol–water partition coefficient (Wildman–Crippen LogP) is 4.83. The fourth-order valence-electron chi connectivity index (χ4n) is 4.45. The smallest absolute Gasteiger partial charge is 0.337 e. The molecule has 4 rings (SSSR count). The number of carbonyl (C=O) groups excluding carboxylic acids is 2. The average Bonchev–Trinajstić information content (AvgIpc) is 3.19. The second kappa shape index (κ2) is 10.2. The summed E-state index contributed by atoms with van der Waals surface area (Å²) in [5.41, 5.74) is 3.35. The molecule has 0 bridgehead atoms. The Morgan fingerprint density at radius 3 is 2.70 bits per heavy atom. The highest BCUT2D eigenvalue weighted by Crippen LogP contribution is 2.25. The van der Waals surface area contributed by atoms with Crippen LogP contribution >= 0.6 is 0 Å². The van der Waals surface area contributed by atoms with E-state index in [1.165, 1.54) is 13.5 Å². The molecule has 1 amide bonds. The lowest BCUT2D eigenvalue weighted by molar-refractivity contribution is -0.117. The van der Waals surface area contributed by atoms with Gasteiger partial charge in [0.25, 0.3) is 5.91 Å². The molecular weight excluding hydrogens is 414 g/mol. The van der Waals surface area contributed by atoms with E-state index in [4.69, 9.17) is 4.74 Å². The SMILES string of the molecule is COC(=O)c1cccc(Cn2cc(/C=C(/C#N)C(=O)NC3CCCCC3)c3ccccc32)c1. The largest absolute Gasteiger partial charge is 0.465 e. The zero-order valence-electron chi connectivity index (χ0n) is 18.7. The molecule has 0 saturated heterocycles. The molecule has 168 valence electrons. The molecule has 0 atom stereocenters. The van der Waals surface area contributed by atoms with E-state index in [2.05, 4.69) is 16.0 Å². The van der Waals surface area contributed by atoms with Crippen LogP contribution in [0.1, 0.15) is 53.6 Å². The molecule has 3 aromatic rings. The van der Waals surface area contributed by atoms with Gasteiger partial charge in [-0.25, -0.2) is 4.79 Å². The molecule has 0 radical (unpaired) electrons. The molecule has 1 aromatic heterocycles. The van der Waals surface area contributed by atoms with Gasteiger partial charge in [0.15, 0.2) is 0 Å². The van der Waals surface area contributed by atoms with E-state index in [0.29, 0.717) is 12.1 Å². The van der Waals surface area contributed by atoms with E-state index in [0.717, 1.165) is 47.7 Å². The summed E-state index contributed by atoms with van der Waals surface area (Å²) in [7, 11) is 1.37. The number of methoxy groups -OCH3 is 1. The van der Waals surface area contributed by atoms with Crippen LogP contribution in [-0.2, 0) is 16.1 Å². The minimum atomic E-state index is -0.375. The molecule has 6 nitrogen and oxygen atoms in total. The number of nitriles is 1. The van der Waals surface area contributed by atoms with Crippen molar-refractivity contribution in [3.05, 3.63) is 77.0 Å². The number of hydrogen-bond donors (Lipinski definition) is 1. The van der Waals surface area contributed by atoms with Crippen LogP contribution in [0, 0.1) is 11.3 Å². The summed E-state index contributed by atoms with van der Waals surface area (Å²) in [4.78, 5) is 24.6. The number of para-hydroxylation sites is 1. The number of esters is 1. The van der Waals surface area contributed by atoms with Crippen molar-refractivity contribution < 1.29 is 14.3 Å². The van der Waals surface area contributed by atoms with Crippen molar-refractivity contribution in [2.75, 3.05) is 7.11 Å². The topological polar surface area (TPSA) is 84.1 Å². The summed E-state index contributed by atoms with van der Waals surface area (Å²) in [6, 6.07) is 17.4. The Hall–Kier alpha value is -3.85. The van der Waals surface area contributed by atoms with Crippen molar-refractivity contribution in [2.45, 2.75) is 44.7 Å². The van der Waals surface area contributed by atoms with Crippen molar-refractivity contribution in [1.29, 1.82) is 5.26 Å². The predicted molar refractivity (Wildman–Crippen MR) is 127 cm³/mol. The molecule has 1 heterocycles. The fraction of sp³-hybridized carbons (Fsp3) is 0.296. The van der Waals surface area contributed by atoms with E-state index in [9.17, 15) is 14.9 Å². The molecule has 1 aliphatic carbocycles. The maximum atomic E-state index is 12.8. The van der Waals surface area contributed by atoms with Crippen molar-refractivity contribution in [3.63, 3.8) is 0 Å². The number of fused-ring (bicyclic) bond motifs is 1. The first-order valence-corrected chi connectivity index (χ1v) is 11.3. The Morgan fingerprint density at radius 1 is 1.15 bits per heavy atom. The summed E-state index contributed by atoms with van der Waals surface area (Å²) in [6.45, 7) is 0.537. The van der Waals surface area contributed by atoms with Gasteiger partial charge in [-0.3, -0.25) is 4.79 Å². The van der Waals surface area contributed by atoms with Crippen LogP contribution in [0.4, 0.5) is 0 Å². The minimum absolute atomic E-state index is 0.108. The van der Waals surface area contributed by atoms with E-state index >= 15 is 0 Å². The highest BCUT2D eigenvalue weighted by Gasteiger charge is 2.19. The molecule has 6 heteroatoms. The first-order valence-electron chi connectivity index (χ1n) is 11.3. The molecule has 1 fully saturated rings. The zero-order chi connectivity index (χ0) is 23.2. The Bertz CT molecular complexity index is 1240. The van der Waals surface area contributed by atoms with E-state index in [-0.39, 0.29) is 23.5 Å². The highest BCUT2D eigenvalue weighted by molar-refractivity contribution is 6.04. The molecule has 0 unspecified atom stereocenters. The molecule has 0 spiro atoms. The third-order valence-corrected chi connectivity index (χ3v) is 6.13. The van der Waals surface area contributed by atoms with Crippen molar-refractivity contribution in [2.24, 2.45) is 0 Å². The van der Waals surface area contributed by atoms with Crippen LogP contribution in [0.3, 0.4) is 0 Å². The van der Waals surface area contributed by atoms with Gasteiger partial charge < -0.3 is 14.6 Å². The third kappa shape index (κ3) is 5.15. The van der Waals surface area contributed by atoms with E-state index in [1.807, 2.05) is 48.7 Å². The number of ether oxygens (including phenoxy) is 1. The summed E-state index contributed by atoms with van der Waals surface area (Å²) in [5, 5.41) is 13.7. The second-order valence-electron chi connectivity index (χ2n) is 8.40. The maximum absolute atomic E-state index is 12.8. The van der Waals surface area contributed by atoms with Crippen molar-refractivity contribution >= 4 is 28.9 Å². The lowest BCUT2D eigenvalue weighted by Crippen LogP contribution is -2.36. The van der Waals surface area contributed by atoms with E-state index < -0.39 is 0 Å². The van der Waals surface area contributed by atoms with Gasteiger partial charge in [0.1, 0.15) is 11.6 Å². The van der Waals surface area contributed by atoms with Crippen LogP contribution in [0.5, 0.6) is 0 Å². The van der Waals surface area contributed by atoms with Gasteiger partial charge in [0.2, 0.25) is 0 Å². The molecule has 2 aromatic carbocycles. The number of hydrogen-bond acceptors (Lipinski definition) is 4. The van der Waals surface area contributed by atoms with Gasteiger partial charge in [-0.15, -0.1) is 0 Å². The highest BCUT2D eigenvalue weighted by atomic mass is 16.5. The lowest BCUT2D eigenvalue weighted by Gasteiger charge is -2.22. The Morgan fingerprint density at radius 2 is 1.94 bits per heavy atom. The van der Waals surface area contributed by atoms with E-state index in [1.54, 1.807) is 12.1 Å². The van der Waals surface area contributed by atoms with Crippen molar-refractivity contribution in [3.8, 4) is 6.07 Å². The lowest BCUT2D eigenvalue weighted by atomic mass is 9.95. The number of amides is 1. The number of nitrogens with zero attached hydrogens (tertiary/aromatic N) is 2. The first kappa shape index (κ1) is 22.3. The van der Waals surface area contributed by atoms with Gasteiger partial charge >= 0.3 is 5.97 Å². The number of rotatable bonds is 6. The number of aromatic nitrogens is 1. The molecule has 1 aliphatic rings. The van der Waals surface area contributed by atoms with Gasteiger partial charge in [0, 0.05) is 35.2 Å². The second-order valence-corrected chi connectivity index (χ2v) is 8.40. The number of benzene rings is 2. The molecule has 1 N–H and O–H groups in total. The number of nitrogens with one attached hydrogen (secondary N) is 1. The molecule has 33 heavy (non-hydrogen) atoms. The molecular formula is C27H27N3O3. The summed E-state index contributed by atoms with van der Waals surface area (Å²) >= 11 is 0. The summed E-state index contributed by atoms with van der Waals surface area (Å²) in [5.74, 6) is -0.688. The van der Waals surface area contributed by atoms with Gasteiger partial charge in [0.05, 0.1) is 12.7 Å². The Labute approximate surface area is 193 Å². The Kier molecular flexibility index (Phi) is 6.89. The number of carbonyl (C=O) groups is 2. The molecule has 0 aliphatic heterocycles. The van der Waals surface area contributed by atoms with Crippen LogP contribution in [-0.4, -0.2) is 29.6 Å². The monoisotopic (exact) mass is 441 g/mol. The normalized spacial score (nSPS) is 14.6. The summed E-state index contributed by atoms with van der Waals surface area (Å²) in [6.07, 6.45) is 8.98. The van der Waals surface area contributed by atoms with Gasteiger partial charge in [-0.1, -0.05) is 49.6 Å². The van der Waals surface area contributed by atoms with Crippen LogP contribution in [0.15, 0.2) is 60.3 Å². The van der Waals surface area contributed by atoms with Gasteiger partial charge in [-0.05, 0) is 42.7 Å². The zero-order valence-corrected chi connectivity index (χ0v) is 18.7. The quantitative estimate of drug-likeness (QED) is 0.337. The van der Waals surface area contributed by atoms with Crippen LogP contribution in [0.2, 0.25) is 0 Å². The minimum Gasteiger partial charge on any atom is -0.465 e. The summed E-state index contributed by atoms with van der Waals surface area (Å²) < 4.78 is 6.89. The van der Waals surface area contributed by atoms with Crippen molar-refractivity contribution in [1.82, 2.24) is 9.88 Å². The first-order chi connectivity index (χ1) is 16.1. The fourth-order valence-corrected chi connectivity index (χ4v) is 4.45. The standard InChI is InChI=1S/C27H27N3O3/c1-33-27(32)20-9-7-8-19(14-20)17-30-18-22(24-12-5-6-13-25(24)30)15-21(16-28)26(31)29-23-10-3-2-4-11-23/h5-9,12-15,18,23H,2-4,10-11,17H2,1H3,(H,29,31)/b21-15-. The van der Waals surface area contributed by atoms with Crippen LogP contribution < -0.4 is 5.32 Å². The Balaban J connectivity index is 1.63.